The Morgan fingerprint density at radius 2 is 1.86 bits per heavy atom. The van der Waals surface area contributed by atoms with Crippen molar-refractivity contribution in [1.82, 2.24) is 14.7 Å². The fourth-order valence-corrected chi connectivity index (χ4v) is 4.29. The van der Waals surface area contributed by atoms with Crippen LogP contribution < -0.4 is 15.4 Å². The highest BCUT2D eigenvalue weighted by Gasteiger charge is 2.30. The summed E-state index contributed by atoms with van der Waals surface area (Å²) < 4.78 is 66.7. The number of nitrogens with zero attached hydrogens (tertiary/aromatic N) is 2. The van der Waals surface area contributed by atoms with Gasteiger partial charge >= 0.3 is 6.18 Å². The molecular formula is C22H23BrF3N5O3S. The number of nitrogens with one attached hydrogen (secondary N) is 3. The molecule has 0 aliphatic carbocycles. The van der Waals surface area contributed by atoms with Crippen LogP contribution in [0.25, 0.3) is 0 Å². The largest absolute Gasteiger partial charge is 0.416 e. The molecule has 13 heteroatoms. The lowest BCUT2D eigenvalue weighted by atomic mass is 10.1. The Hall–Kier alpha value is -2.74. The van der Waals surface area contributed by atoms with Gasteiger partial charge in [-0.25, -0.2) is 18.1 Å². The van der Waals surface area contributed by atoms with Crippen molar-refractivity contribution in [2.75, 3.05) is 17.2 Å². The first-order valence-corrected chi connectivity index (χ1v) is 12.7. The zero-order valence-electron chi connectivity index (χ0n) is 18.5. The normalized spacial score (nSPS) is 12.9. The Labute approximate surface area is 209 Å². The molecule has 1 atom stereocenters. The second-order valence-corrected chi connectivity index (χ2v) is 10.1. The van der Waals surface area contributed by atoms with E-state index in [1.165, 1.54) is 42.6 Å². The van der Waals surface area contributed by atoms with Crippen molar-refractivity contribution in [3.05, 3.63) is 70.3 Å². The molecule has 8 nitrogen and oxygen atoms in total. The first-order chi connectivity index (χ1) is 16.5. The van der Waals surface area contributed by atoms with Gasteiger partial charge in [0.2, 0.25) is 16.0 Å². The zero-order valence-corrected chi connectivity index (χ0v) is 20.9. The van der Waals surface area contributed by atoms with Crippen LogP contribution in [0.1, 0.15) is 24.5 Å². The number of sulfonamides is 1. The Bertz CT molecular complexity index is 1250. The molecule has 0 radical (unpaired) electrons. The number of hydrogen-bond donors (Lipinski definition) is 4. The van der Waals surface area contributed by atoms with Crippen molar-refractivity contribution in [3.63, 3.8) is 0 Å². The Kier molecular flexibility index (Phi) is 8.70. The number of benzene rings is 2. The molecule has 1 aromatic heterocycles. The van der Waals surface area contributed by atoms with Gasteiger partial charge in [-0.2, -0.15) is 18.2 Å². The van der Waals surface area contributed by atoms with Crippen molar-refractivity contribution in [2.24, 2.45) is 0 Å². The summed E-state index contributed by atoms with van der Waals surface area (Å²) >= 11 is 3.35. The lowest BCUT2D eigenvalue weighted by molar-refractivity contribution is -0.137. The van der Waals surface area contributed by atoms with Crippen molar-refractivity contribution < 1.29 is 26.7 Å². The molecule has 4 N–H and O–H groups in total. The van der Waals surface area contributed by atoms with Crippen LogP contribution in [0.4, 0.5) is 30.6 Å². The molecule has 0 spiro atoms. The van der Waals surface area contributed by atoms with Crippen LogP contribution in [-0.4, -0.2) is 36.1 Å². The summed E-state index contributed by atoms with van der Waals surface area (Å²) in [5.41, 5.74) is -0.144. The van der Waals surface area contributed by atoms with E-state index in [1.54, 1.807) is 0 Å². The van der Waals surface area contributed by atoms with Gasteiger partial charge in [0.05, 0.1) is 27.6 Å². The van der Waals surface area contributed by atoms with Gasteiger partial charge in [-0.05, 0) is 58.2 Å². The molecule has 3 rings (SSSR count). The maximum absolute atomic E-state index is 12.9. The predicted molar refractivity (Wildman–Crippen MR) is 130 cm³/mol. The van der Waals surface area contributed by atoms with Gasteiger partial charge in [0, 0.05) is 18.4 Å². The van der Waals surface area contributed by atoms with Gasteiger partial charge in [-0.3, -0.25) is 0 Å². The molecule has 0 amide bonds. The first kappa shape index (κ1) is 26.9. The SMILES string of the molecule is CC[C@H](CO)Nc1nc(Nc2ccc(S(=O)(=O)NCc3cccc(C(F)(F)F)c3)cc2)ncc1Br. The van der Waals surface area contributed by atoms with Gasteiger partial charge < -0.3 is 15.7 Å². The summed E-state index contributed by atoms with van der Waals surface area (Å²) in [6.07, 6.45) is -2.28. The van der Waals surface area contributed by atoms with Crippen molar-refractivity contribution in [2.45, 2.75) is 37.0 Å². The molecule has 0 aliphatic heterocycles. The minimum absolute atomic E-state index is 0.0529. The molecule has 0 fully saturated rings. The number of rotatable bonds is 10. The average molecular weight is 574 g/mol. The topological polar surface area (TPSA) is 116 Å². The second-order valence-electron chi connectivity index (χ2n) is 7.49. The quantitative estimate of drug-likeness (QED) is 0.278. The number of hydrogen-bond acceptors (Lipinski definition) is 7. The number of aliphatic hydroxyl groups is 1. The minimum atomic E-state index is -4.51. The molecule has 0 aliphatic rings. The predicted octanol–water partition coefficient (Wildman–Crippen LogP) is 4.66. The summed E-state index contributed by atoms with van der Waals surface area (Å²) in [7, 11) is -3.96. The fourth-order valence-electron chi connectivity index (χ4n) is 2.96. The zero-order chi connectivity index (χ0) is 25.6. The van der Waals surface area contributed by atoms with Crippen LogP contribution in [-0.2, 0) is 22.7 Å². The number of anilines is 3. The fraction of sp³-hybridized carbons (Fsp3) is 0.273. The first-order valence-electron chi connectivity index (χ1n) is 10.4. The second kappa shape index (κ2) is 11.3. The average Bonchev–Trinajstić information content (AvgIpc) is 2.83. The Balaban J connectivity index is 1.67. The van der Waals surface area contributed by atoms with Crippen molar-refractivity contribution in [1.29, 1.82) is 0 Å². The van der Waals surface area contributed by atoms with Gasteiger partial charge in [0.1, 0.15) is 5.82 Å². The maximum Gasteiger partial charge on any atom is 0.416 e. The number of alkyl halides is 3. The van der Waals surface area contributed by atoms with E-state index in [-0.39, 0.29) is 35.6 Å². The van der Waals surface area contributed by atoms with Crippen LogP contribution in [0.5, 0.6) is 0 Å². The molecule has 188 valence electrons. The van der Waals surface area contributed by atoms with E-state index < -0.39 is 21.8 Å². The Morgan fingerprint density at radius 3 is 2.49 bits per heavy atom. The molecule has 0 saturated heterocycles. The van der Waals surface area contributed by atoms with E-state index in [0.29, 0.717) is 22.4 Å². The van der Waals surface area contributed by atoms with Crippen LogP contribution in [0.15, 0.2) is 64.1 Å². The molecule has 0 bridgehead atoms. The Morgan fingerprint density at radius 1 is 1.14 bits per heavy atom. The smallest absolute Gasteiger partial charge is 0.394 e. The lowest BCUT2D eigenvalue weighted by Crippen LogP contribution is -2.23. The van der Waals surface area contributed by atoms with Gasteiger partial charge in [0.25, 0.3) is 0 Å². The molecule has 1 heterocycles. The van der Waals surface area contributed by atoms with Crippen LogP contribution >= 0.6 is 15.9 Å². The standard InChI is InChI=1S/C22H23BrF3N5O3S/c1-2-16(13-32)29-20-19(23)12-27-21(31-20)30-17-6-8-18(9-7-17)35(33,34)28-11-14-4-3-5-15(10-14)22(24,25)26/h3-10,12,16,28,32H,2,11,13H2,1H3,(H2,27,29,30,31)/t16-/m1/s1. The maximum atomic E-state index is 12.9. The molecule has 35 heavy (non-hydrogen) atoms. The van der Waals surface area contributed by atoms with E-state index in [0.717, 1.165) is 12.1 Å². The molecule has 3 aromatic rings. The third-order valence-electron chi connectivity index (χ3n) is 4.94. The minimum Gasteiger partial charge on any atom is -0.394 e. The van der Waals surface area contributed by atoms with E-state index in [2.05, 4.69) is 41.3 Å². The third-order valence-corrected chi connectivity index (χ3v) is 6.94. The number of aromatic nitrogens is 2. The monoisotopic (exact) mass is 573 g/mol. The van der Waals surface area contributed by atoms with Crippen LogP contribution in [0.2, 0.25) is 0 Å². The highest BCUT2D eigenvalue weighted by Crippen LogP contribution is 2.29. The molecular weight excluding hydrogens is 551 g/mol. The van der Waals surface area contributed by atoms with E-state index in [4.69, 9.17) is 0 Å². The molecule has 0 saturated carbocycles. The lowest BCUT2D eigenvalue weighted by Gasteiger charge is -2.16. The number of aliphatic hydroxyl groups excluding tert-OH is 1. The summed E-state index contributed by atoms with van der Waals surface area (Å²) in [6, 6.07) is 10.0. The van der Waals surface area contributed by atoms with E-state index >= 15 is 0 Å². The number of halogens is 4. The van der Waals surface area contributed by atoms with Gasteiger partial charge in [-0.1, -0.05) is 25.1 Å². The highest BCUT2D eigenvalue weighted by atomic mass is 79.9. The van der Waals surface area contributed by atoms with Gasteiger partial charge in [-0.15, -0.1) is 0 Å². The van der Waals surface area contributed by atoms with Crippen molar-refractivity contribution >= 4 is 43.4 Å². The van der Waals surface area contributed by atoms with E-state index in [1.807, 2.05) is 6.92 Å². The molecule has 0 unspecified atom stereocenters. The summed E-state index contributed by atoms with van der Waals surface area (Å²) in [5, 5.41) is 15.5. The highest BCUT2D eigenvalue weighted by molar-refractivity contribution is 9.10. The summed E-state index contributed by atoms with van der Waals surface area (Å²) in [6.45, 7) is 1.57. The van der Waals surface area contributed by atoms with Crippen LogP contribution in [0, 0.1) is 0 Å². The summed E-state index contributed by atoms with van der Waals surface area (Å²) in [4.78, 5) is 8.48. The van der Waals surface area contributed by atoms with Crippen LogP contribution in [0.3, 0.4) is 0 Å². The summed E-state index contributed by atoms with van der Waals surface area (Å²) in [5.74, 6) is 0.739. The third kappa shape index (κ3) is 7.37. The molecule has 2 aromatic carbocycles. The van der Waals surface area contributed by atoms with E-state index in [9.17, 15) is 26.7 Å². The van der Waals surface area contributed by atoms with Crippen molar-refractivity contribution in [3.8, 4) is 0 Å². The van der Waals surface area contributed by atoms with Gasteiger partial charge in [0.15, 0.2) is 0 Å².